The van der Waals surface area contributed by atoms with E-state index in [1.165, 1.54) is 0 Å². The molecule has 0 aliphatic rings. The lowest BCUT2D eigenvalue weighted by Crippen LogP contribution is -1.82. The van der Waals surface area contributed by atoms with Gasteiger partial charge in [-0.2, -0.15) is 11.8 Å². The second-order valence-electron chi connectivity index (χ2n) is 2.67. The number of thioether (sulfide) groups is 1. The number of rotatable bonds is 6. The largest absolute Gasteiger partial charge is 0.298 e. The molecule has 0 bridgehead atoms. The molecule has 0 amide bonds. The third kappa shape index (κ3) is 7.53. The molecule has 0 fully saturated rings. The van der Waals surface area contributed by atoms with Crippen LogP contribution in [0.4, 0.5) is 0 Å². The summed E-state index contributed by atoms with van der Waals surface area (Å²) in [6, 6.07) is 0. The van der Waals surface area contributed by atoms with Crippen LogP contribution < -0.4 is 0 Å². The molecule has 0 radical (unpaired) electrons. The quantitative estimate of drug-likeness (QED) is 0.372. The van der Waals surface area contributed by atoms with Crippen molar-refractivity contribution < 1.29 is 9.59 Å². The second kappa shape index (κ2) is 7.80. The van der Waals surface area contributed by atoms with Gasteiger partial charge in [0.25, 0.3) is 0 Å². The highest BCUT2D eigenvalue weighted by atomic mass is 32.2. The van der Waals surface area contributed by atoms with E-state index in [1.807, 2.05) is 12.2 Å². The van der Waals surface area contributed by atoms with E-state index in [2.05, 4.69) is 0 Å². The summed E-state index contributed by atoms with van der Waals surface area (Å²) in [5.41, 5.74) is 1.51. The Balaban J connectivity index is 3.58. The Hall–Kier alpha value is -0.830. The molecule has 0 unspecified atom stereocenters. The van der Waals surface area contributed by atoms with Gasteiger partial charge in [-0.05, 0) is 25.0 Å². The fraction of sp³-hybridized carbons (Fsp3) is 0.400. The Morgan fingerprint density at radius 1 is 1.00 bits per heavy atom. The average molecular weight is 198 g/mol. The lowest BCUT2D eigenvalue weighted by molar-refractivity contribution is -0.105. The first-order chi connectivity index (χ1) is 6.20. The Morgan fingerprint density at radius 3 is 1.69 bits per heavy atom. The number of carbonyl (C=O) groups is 2. The zero-order valence-corrected chi connectivity index (χ0v) is 8.76. The van der Waals surface area contributed by atoms with E-state index in [1.54, 1.807) is 25.6 Å². The first-order valence-corrected chi connectivity index (χ1v) is 5.17. The molecule has 0 N–H and O–H groups in total. The summed E-state index contributed by atoms with van der Waals surface area (Å²) in [6.07, 6.45) is 5.43. The van der Waals surface area contributed by atoms with Crippen LogP contribution in [0.2, 0.25) is 0 Å². The maximum absolute atomic E-state index is 10.2. The van der Waals surface area contributed by atoms with Gasteiger partial charge in [0, 0.05) is 11.5 Å². The SMILES string of the molecule is C/C(C=O)=C\CSC/C=C(\C)C=O. The first-order valence-electron chi connectivity index (χ1n) is 4.02. The van der Waals surface area contributed by atoms with Gasteiger partial charge < -0.3 is 0 Å². The normalized spacial score (nSPS) is 12.8. The first kappa shape index (κ1) is 12.2. The highest BCUT2D eigenvalue weighted by Crippen LogP contribution is 2.03. The van der Waals surface area contributed by atoms with E-state index in [4.69, 9.17) is 0 Å². The lowest BCUT2D eigenvalue weighted by atomic mass is 10.3. The molecule has 0 aromatic carbocycles. The van der Waals surface area contributed by atoms with Crippen LogP contribution in [0.5, 0.6) is 0 Å². The summed E-state index contributed by atoms with van der Waals surface area (Å²) in [5, 5.41) is 0. The summed E-state index contributed by atoms with van der Waals surface area (Å²) in [7, 11) is 0. The maximum atomic E-state index is 10.2. The van der Waals surface area contributed by atoms with Gasteiger partial charge in [0.1, 0.15) is 12.6 Å². The third-order valence-electron chi connectivity index (χ3n) is 1.42. The fourth-order valence-electron chi connectivity index (χ4n) is 0.545. The van der Waals surface area contributed by atoms with E-state index < -0.39 is 0 Å². The highest BCUT2D eigenvalue weighted by molar-refractivity contribution is 7.99. The Kier molecular flexibility index (Phi) is 7.30. The summed E-state index contributed by atoms with van der Waals surface area (Å²) >= 11 is 1.67. The summed E-state index contributed by atoms with van der Waals surface area (Å²) in [5.74, 6) is 1.63. The van der Waals surface area contributed by atoms with Crippen molar-refractivity contribution in [2.45, 2.75) is 13.8 Å². The minimum atomic E-state index is 0.753. The minimum absolute atomic E-state index is 0.753. The molecule has 0 aliphatic carbocycles. The summed E-state index contributed by atoms with van der Waals surface area (Å²) in [6.45, 7) is 3.56. The van der Waals surface area contributed by atoms with Crippen molar-refractivity contribution in [3.05, 3.63) is 23.3 Å². The number of carbonyl (C=O) groups excluding carboxylic acids is 2. The summed E-state index contributed by atoms with van der Waals surface area (Å²) < 4.78 is 0. The Bertz CT molecular complexity index is 205. The lowest BCUT2D eigenvalue weighted by Gasteiger charge is -1.92. The average Bonchev–Trinajstić information content (AvgIpc) is 2.16. The molecule has 0 saturated heterocycles. The zero-order chi connectivity index (χ0) is 10.1. The molecule has 2 nitrogen and oxygen atoms in total. The molecule has 13 heavy (non-hydrogen) atoms. The van der Waals surface area contributed by atoms with Crippen molar-refractivity contribution in [3.63, 3.8) is 0 Å². The molecule has 0 heterocycles. The van der Waals surface area contributed by atoms with Crippen LogP contribution in [0.1, 0.15) is 13.8 Å². The molecule has 0 spiro atoms. The van der Waals surface area contributed by atoms with Gasteiger partial charge in [0.2, 0.25) is 0 Å². The van der Waals surface area contributed by atoms with Crippen molar-refractivity contribution in [3.8, 4) is 0 Å². The monoisotopic (exact) mass is 198 g/mol. The van der Waals surface area contributed by atoms with Gasteiger partial charge in [-0.25, -0.2) is 0 Å². The van der Waals surface area contributed by atoms with Gasteiger partial charge in [0.05, 0.1) is 0 Å². The highest BCUT2D eigenvalue weighted by Gasteiger charge is 1.87. The second-order valence-corrected chi connectivity index (χ2v) is 3.74. The smallest absolute Gasteiger partial charge is 0.145 e. The molecule has 0 aliphatic heterocycles. The zero-order valence-electron chi connectivity index (χ0n) is 7.95. The van der Waals surface area contributed by atoms with Crippen LogP contribution >= 0.6 is 11.8 Å². The van der Waals surface area contributed by atoms with E-state index in [-0.39, 0.29) is 0 Å². The molecule has 0 saturated carbocycles. The molecule has 0 aromatic heterocycles. The number of hydrogen-bond acceptors (Lipinski definition) is 3. The molecule has 0 aromatic rings. The maximum Gasteiger partial charge on any atom is 0.145 e. The van der Waals surface area contributed by atoms with Crippen LogP contribution in [0.15, 0.2) is 23.3 Å². The Morgan fingerprint density at radius 2 is 1.38 bits per heavy atom. The van der Waals surface area contributed by atoms with E-state index in [0.717, 1.165) is 35.2 Å². The van der Waals surface area contributed by atoms with Crippen LogP contribution in [-0.2, 0) is 9.59 Å². The molecule has 0 rings (SSSR count). The molecular formula is C10H14O2S. The molecule has 0 atom stereocenters. The third-order valence-corrected chi connectivity index (χ3v) is 2.22. The van der Waals surface area contributed by atoms with Gasteiger partial charge >= 0.3 is 0 Å². The van der Waals surface area contributed by atoms with Crippen molar-refractivity contribution in [1.82, 2.24) is 0 Å². The van der Waals surface area contributed by atoms with Gasteiger partial charge in [-0.15, -0.1) is 0 Å². The van der Waals surface area contributed by atoms with Crippen LogP contribution in [0.3, 0.4) is 0 Å². The van der Waals surface area contributed by atoms with Crippen molar-refractivity contribution in [2.24, 2.45) is 0 Å². The predicted molar refractivity (Wildman–Crippen MR) is 57.0 cm³/mol. The standard InChI is InChI=1S/C10H14O2S/c1-9(7-11)3-5-13-6-4-10(2)8-12/h3-4,7-8H,5-6H2,1-2H3/b9-3+,10-4+. The van der Waals surface area contributed by atoms with Crippen LogP contribution in [-0.4, -0.2) is 24.1 Å². The van der Waals surface area contributed by atoms with Crippen molar-refractivity contribution in [1.29, 1.82) is 0 Å². The van der Waals surface area contributed by atoms with Crippen molar-refractivity contribution >= 4 is 24.3 Å². The van der Waals surface area contributed by atoms with E-state index in [9.17, 15) is 9.59 Å². The number of aldehydes is 2. The van der Waals surface area contributed by atoms with Gasteiger partial charge in [-0.1, -0.05) is 12.2 Å². The van der Waals surface area contributed by atoms with E-state index in [0.29, 0.717) is 0 Å². The van der Waals surface area contributed by atoms with Gasteiger partial charge in [0.15, 0.2) is 0 Å². The number of allylic oxidation sites excluding steroid dienone is 2. The topological polar surface area (TPSA) is 34.1 Å². The van der Waals surface area contributed by atoms with Crippen molar-refractivity contribution in [2.75, 3.05) is 11.5 Å². The summed E-state index contributed by atoms with van der Waals surface area (Å²) in [4.78, 5) is 20.4. The van der Waals surface area contributed by atoms with Crippen LogP contribution in [0, 0.1) is 0 Å². The number of hydrogen-bond donors (Lipinski definition) is 0. The molecular weight excluding hydrogens is 184 g/mol. The molecule has 3 heteroatoms. The van der Waals surface area contributed by atoms with Gasteiger partial charge in [-0.3, -0.25) is 9.59 Å². The fourth-order valence-corrected chi connectivity index (χ4v) is 1.44. The molecule has 72 valence electrons. The Labute approximate surface area is 83.1 Å². The van der Waals surface area contributed by atoms with Crippen LogP contribution in [0.25, 0.3) is 0 Å². The predicted octanol–water partition coefficient (Wildman–Crippen LogP) is 2.01. The minimum Gasteiger partial charge on any atom is -0.298 e. The van der Waals surface area contributed by atoms with E-state index >= 15 is 0 Å².